The summed E-state index contributed by atoms with van der Waals surface area (Å²) in [5.74, 6) is 0.924. The molecule has 1 aliphatic heterocycles. The van der Waals surface area contributed by atoms with Gasteiger partial charge in [-0.25, -0.2) is 0 Å². The van der Waals surface area contributed by atoms with E-state index in [2.05, 4.69) is 23.4 Å². The topological polar surface area (TPSA) is 55.6 Å². The number of aryl methyl sites for hydroxylation is 2. The Bertz CT molecular complexity index is 704. The van der Waals surface area contributed by atoms with Gasteiger partial charge in [0.05, 0.1) is 18.4 Å². The van der Waals surface area contributed by atoms with Crippen molar-refractivity contribution in [3.05, 3.63) is 52.4 Å². The van der Waals surface area contributed by atoms with Crippen LogP contribution in [0.1, 0.15) is 34.6 Å². The first-order valence-electron chi connectivity index (χ1n) is 8.38. The second kappa shape index (κ2) is 7.18. The van der Waals surface area contributed by atoms with E-state index in [4.69, 9.17) is 9.26 Å². The Morgan fingerprint density at radius 3 is 2.75 bits per heavy atom. The highest BCUT2D eigenvalue weighted by Gasteiger charge is 2.22. The van der Waals surface area contributed by atoms with Crippen LogP contribution in [0, 0.1) is 13.8 Å². The summed E-state index contributed by atoms with van der Waals surface area (Å²) in [5.41, 5.74) is 4.49. The number of aromatic nitrogens is 1. The molecule has 0 N–H and O–H groups in total. The molecule has 5 nitrogen and oxygen atoms in total. The standard InChI is InChI=1S/C19H24N2O3/c1-13-18(14(2)24-20-13)8-9-19(22)21(3)11-17-10-15-6-4-5-7-16(15)12-23-17/h4-7,17H,8-12H2,1-3H3/t17-/m1/s1. The first-order chi connectivity index (χ1) is 11.5. The third-order valence-electron chi connectivity index (χ3n) is 4.71. The van der Waals surface area contributed by atoms with E-state index in [0.29, 0.717) is 26.0 Å². The van der Waals surface area contributed by atoms with Crippen LogP contribution in [0.25, 0.3) is 0 Å². The van der Waals surface area contributed by atoms with Gasteiger partial charge in [-0.05, 0) is 31.4 Å². The van der Waals surface area contributed by atoms with Gasteiger partial charge in [0.25, 0.3) is 0 Å². The van der Waals surface area contributed by atoms with Gasteiger partial charge < -0.3 is 14.2 Å². The van der Waals surface area contributed by atoms with Gasteiger partial charge >= 0.3 is 0 Å². The maximum absolute atomic E-state index is 12.4. The van der Waals surface area contributed by atoms with E-state index < -0.39 is 0 Å². The monoisotopic (exact) mass is 328 g/mol. The Hall–Kier alpha value is -2.14. The minimum atomic E-state index is 0.0629. The molecule has 0 aliphatic carbocycles. The quantitative estimate of drug-likeness (QED) is 0.847. The van der Waals surface area contributed by atoms with Crippen molar-refractivity contribution in [3.63, 3.8) is 0 Å². The lowest BCUT2D eigenvalue weighted by molar-refractivity contribution is -0.132. The molecule has 0 fully saturated rings. The predicted molar refractivity (Wildman–Crippen MR) is 90.7 cm³/mol. The molecule has 2 heterocycles. The van der Waals surface area contributed by atoms with Crippen LogP contribution in [0.2, 0.25) is 0 Å². The van der Waals surface area contributed by atoms with Crippen molar-refractivity contribution >= 4 is 5.91 Å². The van der Waals surface area contributed by atoms with Crippen molar-refractivity contribution in [1.29, 1.82) is 0 Å². The summed E-state index contributed by atoms with van der Waals surface area (Å²) in [6, 6.07) is 8.33. The third kappa shape index (κ3) is 3.67. The first-order valence-corrected chi connectivity index (χ1v) is 8.38. The number of fused-ring (bicyclic) bond motifs is 1. The average molecular weight is 328 g/mol. The molecule has 0 saturated carbocycles. The Balaban J connectivity index is 1.52. The molecule has 1 aliphatic rings. The fourth-order valence-electron chi connectivity index (χ4n) is 3.22. The summed E-state index contributed by atoms with van der Waals surface area (Å²) >= 11 is 0. The van der Waals surface area contributed by atoms with E-state index in [1.54, 1.807) is 4.90 Å². The zero-order valence-electron chi connectivity index (χ0n) is 14.5. The second-order valence-electron chi connectivity index (χ2n) is 6.48. The summed E-state index contributed by atoms with van der Waals surface area (Å²) in [6.45, 7) is 5.04. The smallest absolute Gasteiger partial charge is 0.222 e. The lowest BCUT2D eigenvalue weighted by Gasteiger charge is -2.29. The highest BCUT2D eigenvalue weighted by Crippen LogP contribution is 2.21. The van der Waals surface area contributed by atoms with Gasteiger partial charge in [0.1, 0.15) is 5.76 Å². The number of carbonyl (C=O) groups excluding carboxylic acids is 1. The molecule has 24 heavy (non-hydrogen) atoms. The van der Waals surface area contributed by atoms with Gasteiger partial charge in [-0.3, -0.25) is 4.79 Å². The van der Waals surface area contributed by atoms with Crippen molar-refractivity contribution < 1.29 is 14.1 Å². The number of amides is 1. The van der Waals surface area contributed by atoms with Gasteiger partial charge in [-0.15, -0.1) is 0 Å². The molecular formula is C19H24N2O3. The molecule has 1 atom stereocenters. The van der Waals surface area contributed by atoms with E-state index in [-0.39, 0.29) is 12.0 Å². The van der Waals surface area contributed by atoms with Gasteiger partial charge in [-0.1, -0.05) is 29.4 Å². The number of hydrogen-bond acceptors (Lipinski definition) is 4. The van der Waals surface area contributed by atoms with E-state index in [1.807, 2.05) is 27.0 Å². The molecule has 0 bridgehead atoms. The van der Waals surface area contributed by atoms with Crippen molar-refractivity contribution in [2.75, 3.05) is 13.6 Å². The molecule has 2 aromatic rings. The molecule has 3 rings (SSSR count). The SMILES string of the molecule is Cc1noc(C)c1CCC(=O)N(C)C[C@H]1Cc2ccccc2CO1. The lowest BCUT2D eigenvalue weighted by atomic mass is 9.99. The van der Waals surface area contributed by atoms with Crippen LogP contribution < -0.4 is 0 Å². The summed E-state index contributed by atoms with van der Waals surface area (Å²) in [4.78, 5) is 14.2. The van der Waals surface area contributed by atoms with Crippen molar-refractivity contribution in [3.8, 4) is 0 Å². The van der Waals surface area contributed by atoms with Crippen LogP contribution in [0.4, 0.5) is 0 Å². The van der Waals surface area contributed by atoms with Crippen LogP contribution in [0.15, 0.2) is 28.8 Å². The number of rotatable bonds is 5. The predicted octanol–water partition coefficient (Wildman–Crippen LogP) is 2.82. The molecule has 0 saturated heterocycles. The number of hydrogen-bond donors (Lipinski definition) is 0. The minimum Gasteiger partial charge on any atom is -0.371 e. The van der Waals surface area contributed by atoms with Gasteiger partial charge in [0, 0.05) is 32.0 Å². The summed E-state index contributed by atoms with van der Waals surface area (Å²) in [6.07, 6.45) is 2.05. The third-order valence-corrected chi connectivity index (χ3v) is 4.71. The molecule has 1 aromatic heterocycles. The zero-order valence-corrected chi connectivity index (χ0v) is 14.5. The Morgan fingerprint density at radius 2 is 2.04 bits per heavy atom. The molecule has 0 spiro atoms. The van der Waals surface area contributed by atoms with Crippen LogP contribution in [-0.2, 0) is 29.0 Å². The van der Waals surface area contributed by atoms with E-state index in [0.717, 1.165) is 23.4 Å². The lowest BCUT2D eigenvalue weighted by Crippen LogP contribution is -2.38. The van der Waals surface area contributed by atoms with Crippen LogP contribution in [0.5, 0.6) is 0 Å². The summed E-state index contributed by atoms with van der Waals surface area (Å²) in [7, 11) is 1.85. The Morgan fingerprint density at radius 1 is 1.29 bits per heavy atom. The molecular weight excluding hydrogens is 304 g/mol. The number of ether oxygens (including phenoxy) is 1. The van der Waals surface area contributed by atoms with Gasteiger partial charge in [0.15, 0.2) is 0 Å². The molecule has 5 heteroatoms. The number of benzene rings is 1. The van der Waals surface area contributed by atoms with Crippen molar-refractivity contribution in [1.82, 2.24) is 10.1 Å². The van der Waals surface area contributed by atoms with Crippen LogP contribution in [0.3, 0.4) is 0 Å². The van der Waals surface area contributed by atoms with Gasteiger partial charge in [-0.2, -0.15) is 0 Å². The zero-order chi connectivity index (χ0) is 17.1. The summed E-state index contributed by atoms with van der Waals surface area (Å²) < 4.78 is 11.0. The largest absolute Gasteiger partial charge is 0.371 e. The minimum absolute atomic E-state index is 0.0629. The number of carbonyl (C=O) groups is 1. The van der Waals surface area contributed by atoms with E-state index in [1.165, 1.54) is 11.1 Å². The molecule has 1 aromatic carbocycles. The van der Waals surface area contributed by atoms with Crippen LogP contribution >= 0.6 is 0 Å². The number of likely N-dealkylation sites (N-methyl/N-ethyl adjacent to an activating group) is 1. The van der Waals surface area contributed by atoms with E-state index >= 15 is 0 Å². The number of nitrogens with zero attached hydrogens (tertiary/aromatic N) is 2. The molecule has 1 amide bonds. The normalized spacial score (nSPS) is 16.7. The summed E-state index contributed by atoms with van der Waals surface area (Å²) in [5, 5.41) is 3.93. The maximum Gasteiger partial charge on any atom is 0.222 e. The van der Waals surface area contributed by atoms with Crippen molar-refractivity contribution in [2.45, 2.75) is 45.8 Å². The molecule has 0 radical (unpaired) electrons. The fraction of sp³-hybridized carbons (Fsp3) is 0.474. The maximum atomic E-state index is 12.4. The Labute approximate surface area is 142 Å². The molecule has 128 valence electrons. The van der Waals surface area contributed by atoms with Crippen molar-refractivity contribution in [2.24, 2.45) is 0 Å². The highest BCUT2D eigenvalue weighted by molar-refractivity contribution is 5.76. The molecule has 0 unspecified atom stereocenters. The fourth-order valence-corrected chi connectivity index (χ4v) is 3.22. The van der Waals surface area contributed by atoms with Crippen LogP contribution in [-0.4, -0.2) is 35.7 Å². The van der Waals surface area contributed by atoms with E-state index in [9.17, 15) is 4.79 Å². The average Bonchev–Trinajstić information content (AvgIpc) is 2.90. The van der Waals surface area contributed by atoms with Gasteiger partial charge in [0.2, 0.25) is 5.91 Å². The second-order valence-corrected chi connectivity index (χ2v) is 6.48. The highest BCUT2D eigenvalue weighted by atomic mass is 16.5. The Kier molecular flexibility index (Phi) is 5.00. The first kappa shape index (κ1) is 16.7.